The number of hydrogen-bond donors (Lipinski definition) is 2. The third kappa shape index (κ3) is 7.56. The van der Waals surface area contributed by atoms with E-state index >= 15 is 0 Å². The Morgan fingerprint density at radius 1 is 1.27 bits per heavy atom. The largest absolute Gasteiger partial charge is 0.481 e. The Morgan fingerprint density at radius 2 is 1.87 bits per heavy atom. The van der Waals surface area contributed by atoms with Gasteiger partial charge in [-0.05, 0) is 35.7 Å². The van der Waals surface area contributed by atoms with Crippen molar-refractivity contribution in [3.63, 3.8) is 0 Å². The van der Waals surface area contributed by atoms with Crippen molar-refractivity contribution < 1.29 is 14.7 Å². The van der Waals surface area contributed by atoms with E-state index in [1.807, 2.05) is 0 Å². The number of carbonyl (C=O) groups excluding carboxylic acids is 1. The Morgan fingerprint density at radius 3 is 2.33 bits per heavy atom. The van der Waals surface area contributed by atoms with Gasteiger partial charge in [0.25, 0.3) is 5.91 Å². The van der Waals surface area contributed by atoms with Crippen LogP contribution in [0, 0.1) is 0 Å². The van der Waals surface area contributed by atoms with Crippen LogP contribution in [-0.4, -0.2) is 23.5 Å². The monoisotopic (exact) mass is 341 g/mol. The second-order valence-electron chi connectivity index (χ2n) is 2.95. The predicted octanol–water partition coefficient (Wildman–Crippen LogP) is 2.38. The number of halogens is 2. The van der Waals surface area contributed by atoms with Gasteiger partial charge in [0.05, 0.1) is 4.48 Å². The Bertz CT molecular complexity index is 273. The van der Waals surface area contributed by atoms with Gasteiger partial charge >= 0.3 is 5.97 Å². The lowest BCUT2D eigenvalue weighted by Crippen LogP contribution is -2.24. The van der Waals surface area contributed by atoms with Crippen molar-refractivity contribution in [1.29, 1.82) is 0 Å². The van der Waals surface area contributed by atoms with Crippen LogP contribution in [-0.2, 0) is 9.59 Å². The molecule has 0 aliphatic heterocycles. The average Bonchev–Trinajstić information content (AvgIpc) is 2.15. The highest BCUT2D eigenvalue weighted by Gasteiger charge is 2.07. The molecule has 0 spiro atoms. The molecule has 4 nitrogen and oxygen atoms in total. The summed E-state index contributed by atoms with van der Waals surface area (Å²) in [7, 11) is 0. The smallest absolute Gasteiger partial charge is 0.303 e. The number of carboxylic acids is 1. The summed E-state index contributed by atoms with van der Waals surface area (Å²) in [6.07, 6.45) is 1.38. The molecule has 0 aromatic heterocycles. The molecule has 0 radical (unpaired) electrons. The summed E-state index contributed by atoms with van der Waals surface area (Å²) < 4.78 is 1.19. The number of hydrogen-bond acceptors (Lipinski definition) is 2. The van der Waals surface area contributed by atoms with Crippen molar-refractivity contribution in [1.82, 2.24) is 5.32 Å². The van der Waals surface area contributed by atoms with Gasteiger partial charge in [-0.2, -0.15) is 0 Å². The van der Waals surface area contributed by atoms with Crippen LogP contribution in [0.5, 0.6) is 0 Å². The van der Waals surface area contributed by atoms with Crippen LogP contribution >= 0.6 is 31.9 Å². The van der Waals surface area contributed by atoms with Gasteiger partial charge in [0.2, 0.25) is 0 Å². The summed E-state index contributed by atoms with van der Waals surface area (Å²) in [6, 6.07) is 0. The molecule has 6 heteroatoms. The molecular formula is C9H13Br2NO3. The highest BCUT2D eigenvalue weighted by Crippen LogP contribution is 2.16. The fraction of sp³-hybridized carbons (Fsp3) is 0.556. The number of amides is 1. The standard InChI is InChI=1S/C9H13Br2NO3/c1-6(10)8(11)9(15)12-5-3-2-4-7(13)14/h2-5H2,1H3,(H,12,15)(H,13,14)/b8-6-. The first-order valence-corrected chi connectivity index (χ1v) is 6.05. The minimum absolute atomic E-state index is 0.143. The lowest BCUT2D eigenvalue weighted by atomic mass is 10.2. The summed E-state index contributed by atoms with van der Waals surface area (Å²) in [5, 5.41) is 11.0. The molecule has 0 bridgehead atoms. The highest BCUT2D eigenvalue weighted by molar-refractivity contribution is 9.14. The van der Waals surface area contributed by atoms with Crippen LogP contribution in [0.4, 0.5) is 0 Å². The van der Waals surface area contributed by atoms with Gasteiger partial charge in [0.1, 0.15) is 0 Å². The van der Waals surface area contributed by atoms with Gasteiger partial charge in [-0.3, -0.25) is 9.59 Å². The minimum atomic E-state index is -0.807. The lowest BCUT2D eigenvalue weighted by molar-refractivity contribution is -0.137. The Hall–Kier alpha value is -0.360. The Labute approximate surface area is 105 Å². The number of carbonyl (C=O) groups is 2. The molecule has 0 aromatic carbocycles. The number of rotatable bonds is 6. The van der Waals surface area contributed by atoms with E-state index in [1.54, 1.807) is 6.92 Å². The number of nitrogens with one attached hydrogen (secondary N) is 1. The fourth-order valence-electron chi connectivity index (χ4n) is 0.837. The fourth-order valence-corrected chi connectivity index (χ4v) is 1.16. The van der Waals surface area contributed by atoms with Crippen LogP contribution in [0.3, 0.4) is 0 Å². The van der Waals surface area contributed by atoms with E-state index in [4.69, 9.17) is 5.11 Å². The van der Waals surface area contributed by atoms with Crippen LogP contribution < -0.4 is 5.32 Å². The van der Waals surface area contributed by atoms with E-state index in [0.29, 0.717) is 23.9 Å². The molecule has 0 rings (SSSR count). The second-order valence-corrected chi connectivity index (χ2v) is 4.94. The zero-order valence-electron chi connectivity index (χ0n) is 8.35. The summed E-state index contributed by atoms with van der Waals surface area (Å²) in [6.45, 7) is 2.25. The molecule has 15 heavy (non-hydrogen) atoms. The summed E-state index contributed by atoms with van der Waals surface area (Å²) in [4.78, 5) is 21.5. The van der Waals surface area contributed by atoms with Crippen molar-refractivity contribution in [3.05, 3.63) is 8.96 Å². The molecule has 0 unspecified atom stereocenters. The van der Waals surface area contributed by atoms with E-state index in [1.165, 1.54) is 0 Å². The highest BCUT2D eigenvalue weighted by atomic mass is 79.9. The van der Waals surface area contributed by atoms with E-state index in [9.17, 15) is 9.59 Å². The maximum Gasteiger partial charge on any atom is 0.303 e. The number of carboxylic acid groups (broad SMARTS) is 1. The van der Waals surface area contributed by atoms with Gasteiger partial charge in [-0.25, -0.2) is 0 Å². The van der Waals surface area contributed by atoms with Crippen molar-refractivity contribution in [2.75, 3.05) is 6.54 Å². The van der Waals surface area contributed by atoms with E-state index < -0.39 is 5.97 Å². The zero-order chi connectivity index (χ0) is 11.8. The molecule has 0 saturated carbocycles. The number of unbranched alkanes of at least 4 members (excludes halogenated alkanes) is 1. The lowest BCUT2D eigenvalue weighted by Gasteiger charge is -2.04. The van der Waals surface area contributed by atoms with Gasteiger partial charge < -0.3 is 10.4 Å². The van der Waals surface area contributed by atoms with Crippen molar-refractivity contribution in [3.8, 4) is 0 Å². The number of allylic oxidation sites excluding steroid dienone is 1. The summed E-state index contributed by atoms with van der Waals surface area (Å²) in [5.41, 5.74) is 0. The van der Waals surface area contributed by atoms with Gasteiger partial charge in [0, 0.05) is 17.4 Å². The molecule has 2 N–H and O–H groups in total. The number of aliphatic carboxylic acids is 1. The molecule has 86 valence electrons. The maximum absolute atomic E-state index is 11.3. The topological polar surface area (TPSA) is 66.4 Å². The normalized spacial score (nSPS) is 11.9. The predicted molar refractivity (Wildman–Crippen MR) is 65.1 cm³/mol. The molecule has 0 aromatic rings. The van der Waals surface area contributed by atoms with Crippen molar-refractivity contribution in [2.45, 2.75) is 26.2 Å². The average molecular weight is 343 g/mol. The van der Waals surface area contributed by atoms with Crippen LogP contribution in [0.15, 0.2) is 8.96 Å². The van der Waals surface area contributed by atoms with E-state index in [2.05, 4.69) is 37.2 Å². The molecule has 1 amide bonds. The van der Waals surface area contributed by atoms with Crippen LogP contribution in [0.2, 0.25) is 0 Å². The van der Waals surface area contributed by atoms with E-state index in [0.717, 1.165) is 4.48 Å². The van der Waals surface area contributed by atoms with Gasteiger partial charge in [-0.15, -0.1) is 0 Å². The molecule has 0 atom stereocenters. The third-order valence-corrected chi connectivity index (χ3v) is 3.49. The first kappa shape index (κ1) is 14.6. The third-order valence-electron chi connectivity index (χ3n) is 1.60. The van der Waals surface area contributed by atoms with Gasteiger partial charge in [-0.1, -0.05) is 15.9 Å². The Balaban J connectivity index is 3.65. The molecule has 0 fully saturated rings. The van der Waals surface area contributed by atoms with Crippen molar-refractivity contribution in [2.24, 2.45) is 0 Å². The molecule has 0 aliphatic rings. The SMILES string of the molecule is C/C(Br)=C(/Br)C(=O)NCCCCC(=O)O. The maximum atomic E-state index is 11.3. The first-order valence-electron chi connectivity index (χ1n) is 4.47. The molecule has 0 aliphatic carbocycles. The Kier molecular flexibility index (Phi) is 7.68. The first-order chi connectivity index (χ1) is 6.95. The summed E-state index contributed by atoms with van der Waals surface area (Å²) in [5.74, 6) is -1.00. The van der Waals surface area contributed by atoms with Gasteiger partial charge in [0.15, 0.2) is 0 Å². The van der Waals surface area contributed by atoms with E-state index in [-0.39, 0.29) is 12.3 Å². The molecular weight excluding hydrogens is 330 g/mol. The zero-order valence-corrected chi connectivity index (χ0v) is 11.5. The molecule has 0 saturated heterocycles. The van der Waals surface area contributed by atoms with Crippen molar-refractivity contribution >= 4 is 43.7 Å². The second kappa shape index (κ2) is 7.87. The van der Waals surface area contributed by atoms with Crippen LogP contribution in [0.25, 0.3) is 0 Å². The van der Waals surface area contributed by atoms with Crippen LogP contribution in [0.1, 0.15) is 26.2 Å². The summed E-state index contributed by atoms with van der Waals surface area (Å²) >= 11 is 6.30. The molecule has 0 heterocycles. The quantitative estimate of drug-likeness (QED) is 0.575. The minimum Gasteiger partial charge on any atom is -0.481 e.